The van der Waals surface area contributed by atoms with E-state index in [1.807, 2.05) is 49.4 Å². The zero-order valence-corrected chi connectivity index (χ0v) is 17.3. The summed E-state index contributed by atoms with van der Waals surface area (Å²) in [6, 6.07) is 14.6. The van der Waals surface area contributed by atoms with Crippen molar-refractivity contribution in [3.8, 4) is 11.5 Å². The molecule has 0 saturated carbocycles. The van der Waals surface area contributed by atoms with Gasteiger partial charge in [0.15, 0.2) is 6.61 Å². The number of nitrogens with one attached hydrogen (secondary N) is 1. The van der Waals surface area contributed by atoms with E-state index in [2.05, 4.69) is 5.32 Å². The predicted molar refractivity (Wildman–Crippen MR) is 112 cm³/mol. The Morgan fingerprint density at radius 3 is 2.40 bits per heavy atom. The third-order valence-corrected chi connectivity index (χ3v) is 4.64. The Morgan fingerprint density at radius 1 is 1.03 bits per heavy atom. The number of esters is 1. The fourth-order valence-electron chi connectivity index (χ4n) is 3.05. The van der Waals surface area contributed by atoms with Gasteiger partial charge in [-0.1, -0.05) is 18.2 Å². The van der Waals surface area contributed by atoms with E-state index >= 15 is 0 Å². The van der Waals surface area contributed by atoms with Gasteiger partial charge in [-0.2, -0.15) is 0 Å². The standard InChI is InChI=1S/C23H25NO6/c1-15(21-12-17-6-4-5-7-20(17)30-21)24-22(25)14-29-23(26)9-8-16-10-18(27-2)13-19(11-16)28-3/h4-7,10-13,15H,8-9,14H2,1-3H3,(H,24,25)/t15-/m1/s1. The molecule has 0 radical (unpaired) electrons. The van der Waals surface area contributed by atoms with Crippen LogP contribution >= 0.6 is 0 Å². The number of carbonyl (C=O) groups is 2. The lowest BCUT2D eigenvalue weighted by Gasteiger charge is -2.12. The second-order valence-corrected chi connectivity index (χ2v) is 6.86. The zero-order valence-electron chi connectivity index (χ0n) is 17.3. The normalized spacial score (nSPS) is 11.7. The van der Waals surface area contributed by atoms with Crippen molar-refractivity contribution in [2.45, 2.75) is 25.8 Å². The maximum absolute atomic E-state index is 12.1. The number of ether oxygens (including phenoxy) is 3. The van der Waals surface area contributed by atoms with Crippen molar-refractivity contribution < 1.29 is 28.2 Å². The molecule has 1 heterocycles. The number of hydrogen-bond acceptors (Lipinski definition) is 6. The molecular weight excluding hydrogens is 386 g/mol. The first-order chi connectivity index (χ1) is 14.5. The van der Waals surface area contributed by atoms with Gasteiger partial charge in [0, 0.05) is 17.9 Å². The molecule has 3 aromatic rings. The molecule has 1 atom stereocenters. The molecular formula is C23H25NO6. The lowest BCUT2D eigenvalue weighted by molar-refractivity contribution is -0.148. The first kappa shape index (κ1) is 21.2. The summed E-state index contributed by atoms with van der Waals surface area (Å²) >= 11 is 0. The second kappa shape index (κ2) is 9.82. The Morgan fingerprint density at radius 2 is 1.73 bits per heavy atom. The Bertz CT molecular complexity index is 970. The number of hydrogen-bond donors (Lipinski definition) is 1. The van der Waals surface area contributed by atoms with Crippen molar-refractivity contribution in [2.24, 2.45) is 0 Å². The Labute approximate surface area is 174 Å². The van der Waals surface area contributed by atoms with E-state index in [1.165, 1.54) is 0 Å². The van der Waals surface area contributed by atoms with Gasteiger partial charge in [0.25, 0.3) is 5.91 Å². The van der Waals surface area contributed by atoms with E-state index in [1.54, 1.807) is 20.3 Å². The lowest BCUT2D eigenvalue weighted by atomic mass is 10.1. The van der Waals surface area contributed by atoms with Crippen molar-refractivity contribution >= 4 is 22.8 Å². The molecule has 0 aliphatic rings. The average Bonchev–Trinajstić information content (AvgIpc) is 3.20. The molecule has 7 heteroatoms. The number of benzene rings is 2. The molecule has 30 heavy (non-hydrogen) atoms. The first-order valence-electron chi connectivity index (χ1n) is 9.64. The molecule has 0 aliphatic carbocycles. The minimum atomic E-state index is -0.455. The van der Waals surface area contributed by atoms with Gasteiger partial charge in [0.2, 0.25) is 0 Å². The number of methoxy groups -OCH3 is 2. The molecule has 0 saturated heterocycles. The fourth-order valence-corrected chi connectivity index (χ4v) is 3.05. The molecule has 1 aromatic heterocycles. The molecule has 0 fully saturated rings. The van der Waals surface area contributed by atoms with Crippen molar-refractivity contribution in [1.29, 1.82) is 0 Å². The van der Waals surface area contributed by atoms with E-state index in [9.17, 15) is 9.59 Å². The van der Waals surface area contributed by atoms with Crippen LogP contribution in [0.4, 0.5) is 0 Å². The van der Waals surface area contributed by atoms with Crippen LogP contribution in [0.3, 0.4) is 0 Å². The molecule has 0 spiro atoms. The van der Waals surface area contributed by atoms with Crippen molar-refractivity contribution in [1.82, 2.24) is 5.32 Å². The van der Waals surface area contributed by atoms with Crippen LogP contribution in [-0.2, 0) is 20.7 Å². The van der Waals surface area contributed by atoms with Gasteiger partial charge in [-0.15, -0.1) is 0 Å². The van der Waals surface area contributed by atoms with E-state index in [0.29, 0.717) is 23.7 Å². The van der Waals surface area contributed by atoms with Crippen LogP contribution in [0.2, 0.25) is 0 Å². The Balaban J connectivity index is 1.45. The molecule has 3 rings (SSSR count). The van der Waals surface area contributed by atoms with Crippen molar-refractivity contribution in [3.63, 3.8) is 0 Å². The van der Waals surface area contributed by atoms with Crippen LogP contribution in [-0.4, -0.2) is 32.7 Å². The lowest BCUT2D eigenvalue weighted by Crippen LogP contribution is -2.31. The van der Waals surface area contributed by atoms with Crippen LogP contribution in [0.25, 0.3) is 11.0 Å². The number of carbonyl (C=O) groups excluding carboxylic acids is 2. The summed E-state index contributed by atoms with van der Waals surface area (Å²) < 4.78 is 21.3. The van der Waals surface area contributed by atoms with Crippen molar-refractivity contribution in [2.75, 3.05) is 20.8 Å². The number of fused-ring (bicyclic) bond motifs is 1. The van der Waals surface area contributed by atoms with Crippen LogP contribution in [0.5, 0.6) is 11.5 Å². The van der Waals surface area contributed by atoms with Gasteiger partial charge >= 0.3 is 5.97 Å². The quantitative estimate of drug-likeness (QED) is 0.539. The van der Waals surface area contributed by atoms with Crippen LogP contribution < -0.4 is 14.8 Å². The summed E-state index contributed by atoms with van der Waals surface area (Å²) in [6.07, 6.45) is 0.589. The number of furan rings is 1. The second-order valence-electron chi connectivity index (χ2n) is 6.86. The molecule has 7 nitrogen and oxygen atoms in total. The van der Waals surface area contributed by atoms with E-state index in [-0.39, 0.29) is 25.0 Å². The molecule has 0 bridgehead atoms. The van der Waals surface area contributed by atoms with E-state index < -0.39 is 5.97 Å². The largest absolute Gasteiger partial charge is 0.497 e. The van der Waals surface area contributed by atoms with Gasteiger partial charge in [0.05, 0.1) is 20.3 Å². The first-order valence-corrected chi connectivity index (χ1v) is 9.64. The molecule has 158 valence electrons. The van der Waals surface area contributed by atoms with Crippen LogP contribution in [0.1, 0.15) is 30.7 Å². The summed E-state index contributed by atoms with van der Waals surface area (Å²) in [4.78, 5) is 24.1. The zero-order chi connectivity index (χ0) is 21.5. The third kappa shape index (κ3) is 5.53. The Hall–Kier alpha value is -3.48. The highest BCUT2D eigenvalue weighted by atomic mass is 16.5. The smallest absolute Gasteiger partial charge is 0.306 e. The molecule has 1 amide bonds. The number of amides is 1. The third-order valence-electron chi connectivity index (χ3n) is 4.64. The minimum absolute atomic E-state index is 0.142. The predicted octanol–water partition coefficient (Wildman–Crippen LogP) is 3.80. The van der Waals surface area contributed by atoms with E-state index in [4.69, 9.17) is 18.6 Å². The SMILES string of the molecule is COc1cc(CCC(=O)OCC(=O)N[C@H](C)c2cc3ccccc3o2)cc(OC)c1. The summed E-state index contributed by atoms with van der Waals surface area (Å²) in [5, 5.41) is 3.74. The average molecular weight is 411 g/mol. The highest BCUT2D eigenvalue weighted by Crippen LogP contribution is 2.24. The van der Waals surface area contributed by atoms with Crippen LogP contribution in [0, 0.1) is 0 Å². The highest BCUT2D eigenvalue weighted by molar-refractivity contribution is 5.81. The number of para-hydroxylation sites is 1. The molecule has 2 aromatic carbocycles. The number of aryl methyl sites for hydroxylation is 1. The molecule has 0 aliphatic heterocycles. The summed E-state index contributed by atoms with van der Waals surface area (Å²) in [5.74, 6) is 1.10. The van der Waals surface area contributed by atoms with Gasteiger partial charge in [-0.25, -0.2) is 0 Å². The highest BCUT2D eigenvalue weighted by Gasteiger charge is 2.15. The topological polar surface area (TPSA) is 87.0 Å². The summed E-state index contributed by atoms with van der Waals surface area (Å²) in [6.45, 7) is 1.47. The minimum Gasteiger partial charge on any atom is -0.497 e. The van der Waals surface area contributed by atoms with Gasteiger partial charge < -0.3 is 23.9 Å². The summed E-state index contributed by atoms with van der Waals surface area (Å²) in [5.41, 5.74) is 1.64. The maximum atomic E-state index is 12.1. The van der Waals surface area contributed by atoms with E-state index in [0.717, 1.165) is 16.5 Å². The Kier molecular flexibility index (Phi) is 6.95. The number of rotatable bonds is 9. The molecule has 0 unspecified atom stereocenters. The fraction of sp³-hybridized carbons (Fsp3) is 0.304. The molecule has 1 N–H and O–H groups in total. The monoisotopic (exact) mass is 411 g/mol. The van der Waals surface area contributed by atoms with Gasteiger partial charge in [-0.3, -0.25) is 9.59 Å². The van der Waals surface area contributed by atoms with Gasteiger partial charge in [-0.05, 0) is 43.2 Å². The van der Waals surface area contributed by atoms with Gasteiger partial charge in [0.1, 0.15) is 22.8 Å². The summed E-state index contributed by atoms with van der Waals surface area (Å²) in [7, 11) is 3.13. The van der Waals surface area contributed by atoms with Crippen LogP contribution in [0.15, 0.2) is 52.9 Å². The maximum Gasteiger partial charge on any atom is 0.306 e. The van der Waals surface area contributed by atoms with Crippen molar-refractivity contribution in [3.05, 3.63) is 59.9 Å².